The average Bonchev–Trinajstić information content (AvgIpc) is 3.19. The second-order valence-corrected chi connectivity index (χ2v) is 6.04. The van der Waals surface area contributed by atoms with Gasteiger partial charge in [-0.15, -0.1) is 22.7 Å². The molecule has 1 aromatic carbocycles. The topological polar surface area (TPSA) is 80.9 Å². The van der Waals surface area contributed by atoms with Crippen LogP contribution >= 0.6 is 22.7 Å². The lowest BCUT2D eigenvalue weighted by molar-refractivity contribution is 0.102. The molecule has 0 aliphatic heterocycles. The van der Waals surface area contributed by atoms with Crippen molar-refractivity contribution >= 4 is 34.3 Å². The van der Waals surface area contributed by atoms with E-state index in [2.05, 4.69) is 15.3 Å². The van der Waals surface area contributed by atoms with Gasteiger partial charge in [-0.1, -0.05) is 0 Å². The summed E-state index contributed by atoms with van der Waals surface area (Å²) >= 11 is 2.96. The van der Waals surface area contributed by atoms with E-state index in [1.807, 2.05) is 29.6 Å². The summed E-state index contributed by atoms with van der Waals surface area (Å²) in [6.45, 7) is 0.348. The van der Waals surface area contributed by atoms with E-state index in [0.29, 0.717) is 12.2 Å². The highest BCUT2D eigenvalue weighted by atomic mass is 32.1. The normalized spacial score (nSPS) is 10.5. The first-order chi connectivity index (χ1) is 10.3. The molecule has 3 N–H and O–H groups in total. The molecule has 0 spiro atoms. The number of aromatic nitrogens is 2. The van der Waals surface area contributed by atoms with Crippen molar-refractivity contribution in [3.05, 3.63) is 51.9 Å². The Morgan fingerprint density at radius 3 is 2.67 bits per heavy atom. The minimum absolute atomic E-state index is 0.229. The first kappa shape index (κ1) is 13.9. The number of benzene rings is 1. The summed E-state index contributed by atoms with van der Waals surface area (Å²) in [4.78, 5) is 20.4. The molecule has 21 heavy (non-hydrogen) atoms. The first-order valence-electron chi connectivity index (χ1n) is 6.22. The van der Waals surface area contributed by atoms with E-state index in [1.165, 1.54) is 11.3 Å². The van der Waals surface area contributed by atoms with Crippen molar-refractivity contribution in [3.63, 3.8) is 0 Å². The Hall–Kier alpha value is -2.09. The number of amides is 1. The minimum atomic E-state index is -0.229. The molecule has 0 fully saturated rings. The van der Waals surface area contributed by atoms with E-state index >= 15 is 0 Å². The fraction of sp³-hybridized carbons (Fsp3) is 0.0714. The molecule has 1 amide bonds. The molecule has 0 atom stereocenters. The zero-order valence-electron chi connectivity index (χ0n) is 10.9. The van der Waals surface area contributed by atoms with Crippen LogP contribution in [0, 0.1) is 0 Å². The first-order valence-corrected chi connectivity index (χ1v) is 7.98. The highest BCUT2D eigenvalue weighted by Crippen LogP contribution is 2.23. The van der Waals surface area contributed by atoms with Crippen molar-refractivity contribution in [3.8, 4) is 10.6 Å². The molecular weight excluding hydrogens is 304 g/mol. The van der Waals surface area contributed by atoms with Crippen LogP contribution in [0.2, 0.25) is 0 Å². The van der Waals surface area contributed by atoms with Crippen molar-refractivity contribution in [1.29, 1.82) is 0 Å². The molecular formula is C14H12N4OS2. The van der Waals surface area contributed by atoms with Crippen LogP contribution in [0.4, 0.5) is 5.69 Å². The van der Waals surface area contributed by atoms with Crippen LogP contribution in [0.1, 0.15) is 15.5 Å². The van der Waals surface area contributed by atoms with Crippen molar-refractivity contribution < 1.29 is 4.79 Å². The largest absolute Gasteiger partial charge is 0.325 e. The van der Waals surface area contributed by atoms with Gasteiger partial charge in [-0.2, -0.15) is 0 Å². The van der Waals surface area contributed by atoms with Gasteiger partial charge in [-0.3, -0.25) is 4.79 Å². The molecule has 0 unspecified atom stereocenters. The Morgan fingerprint density at radius 1 is 1.24 bits per heavy atom. The van der Waals surface area contributed by atoms with Gasteiger partial charge in [0.1, 0.15) is 15.7 Å². The summed E-state index contributed by atoms with van der Waals surface area (Å²) in [6, 6.07) is 7.57. The third-order valence-electron chi connectivity index (χ3n) is 2.78. The summed E-state index contributed by atoms with van der Waals surface area (Å²) in [5.74, 6) is -0.229. The third-order valence-corrected chi connectivity index (χ3v) is 4.47. The number of nitrogens with two attached hydrogens (primary N) is 1. The van der Waals surface area contributed by atoms with Crippen molar-refractivity contribution in [1.82, 2.24) is 9.97 Å². The van der Waals surface area contributed by atoms with Gasteiger partial charge in [0.15, 0.2) is 0 Å². The molecule has 0 saturated heterocycles. The second kappa shape index (κ2) is 6.13. The van der Waals surface area contributed by atoms with Gasteiger partial charge >= 0.3 is 0 Å². The second-order valence-electron chi connectivity index (χ2n) is 4.20. The summed E-state index contributed by atoms with van der Waals surface area (Å²) in [5.41, 5.74) is 7.64. The number of nitrogens with one attached hydrogen (secondary N) is 1. The van der Waals surface area contributed by atoms with Crippen LogP contribution in [0.3, 0.4) is 0 Å². The summed E-state index contributed by atoms with van der Waals surface area (Å²) in [6.07, 6.45) is 1.77. The minimum Gasteiger partial charge on any atom is -0.325 e. The highest BCUT2D eigenvalue weighted by molar-refractivity contribution is 7.13. The maximum absolute atomic E-state index is 12.0. The number of hydrogen-bond acceptors (Lipinski definition) is 6. The lowest BCUT2D eigenvalue weighted by Gasteiger charge is -2.04. The van der Waals surface area contributed by atoms with Crippen LogP contribution in [0.25, 0.3) is 10.6 Å². The van der Waals surface area contributed by atoms with Gasteiger partial charge in [0.25, 0.3) is 5.91 Å². The molecule has 0 saturated carbocycles. The predicted octanol–water partition coefficient (Wildman–Crippen LogP) is 2.98. The number of carbonyl (C=O) groups excluding carboxylic acids is 1. The van der Waals surface area contributed by atoms with Crippen LogP contribution in [0.5, 0.6) is 0 Å². The smallest absolute Gasteiger partial charge is 0.275 e. The highest BCUT2D eigenvalue weighted by Gasteiger charge is 2.10. The van der Waals surface area contributed by atoms with Crippen LogP contribution in [-0.2, 0) is 6.54 Å². The summed E-state index contributed by atoms with van der Waals surface area (Å²) in [7, 11) is 0. The summed E-state index contributed by atoms with van der Waals surface area (Å²) in [5, 5.41) is 8.17. The van der Waals surface area contributed by atoms with E-state index in [4.69, 9.17) is 5.73 Å². The van der Waals surface area contributed by atoms with Gasteiger partial charge < -0.3 is 11.1 Å². The van der Waals surface area contributed by atoms with E-state index in [9.17, 15) is 4.79 Å². The molecule has 0 bridgehead atoms. The molecule has 3 rings (SSSR count). The SMILES string of the molecule is NCc1nc(C(=O)Nc2ccc(-c3nccs3)cc2)cs1. The zero-order valence-corrected chi connectivity index (χ0v) is 12.6. The standard InChI is InChI=1S/C14H12N4OS2/c15-7-12-18-11(8-21-12)13(19)17-10-3-1-9(2-4-10)14-16-5-6-20-14/h1-6,8H,7,15H2,(H,17,19). The quantitative estimate of drug-likeness (QED) is 0.775. The summed E-state index contributed by atoms with van der Waals surface area (Å²) < 4.78 is 0. The number of anilines is 1. The van der Waals surface area contributed by atoms with Crippen molar-refractivity contribution in [2.45, 2.75) is 6.54 Å². The molecule has 3 aromatic rings. The zero-order chi connectivity index (χ0) is 14.7. The van der Waals surface area contributed by atoms with E-state index in [1.54, 1.807) is 22.9 Å². The fourth-order valence-corrected chi connectivity index (χ4v) is 3.07. The maximum Gasteiger partial charge on any atom is 0.275 e. The molecule has 2 aromatic heterocycles. The molecule has 0 radical (unpaired) electrons. The molecule has 2 heterocycles. The van der Waals surface area contributed by atoms with Crippen molar-refractivity contribution in [2.24, 2.45) is 5.73 Å². The lowest BCUT2D eigenvalue weighted by atomic mass is 10.2. The number of nitrogens with zero attached hydrogens (tertiary/aromatic N) is 2. The number of carbonyl (C=O) groups is 1. The van der Waals surface area contributed by atoms with Crippen LogP contribution < -0.4 is 11.1 Å². The number of thiazole rings is 2. The number of rotatable bonds is 4. The Balaban J connectivity index is 1.71. The Kier molecular flexibility index (Phi) is 4.05. The molecule has 5 nitrogen and oxygen atoms in total. The van der Waals surface area contributed by atoms with E-state index in [0.717, 1.165) is 21.3 Å². The Labute approximate surface area is 129 Å². The predicted molar refractivity (Wildman–Crippen MR) is 85.5 cm³/mol. The average molecular weight is 316 g/mol. The fourth-order valence-electron chi connectivity index (χ4n) is 1.77. The van der Waals surface area contributed by atoms with Gasteiger partial charge in [0.05, 0.1) is 0 Å². The Bertz CT molecular complexity index is 735. The molecule has 0 aliphatic carbocycles. The lowest BCUT2D eigenvalue weighted by Crippen LogP contribution is -2.12. The van der Waals surface area contributed by atoms with E-state index < -0.39 is 0 Å². The molecule has 106 valence electrons. The number of hydrogen-bond donors (Lipinski definition) is 2. The van der Waals surface area contributed by atoms with Gasteiger partial charge in [0, 0.05) is 34.8 Å². The van der Waals surface area contributed by atoms with Gasteiger partial charge in [0.2, 0.25) is 0 Å². The molecule has 0 aliphatic rings. The van der Waals surface area contributed by atoms with Gasteiger partial charge in [-0.25, -0.2) is 9.97 Å². The van der Waals surface area contributed by atoms with Crippen LogP contribution in [0.15, 0.2) is 41.2 Å². The van der Waals surface area contributed by atoms with Crippen molar-refractivity contribution in [2.75, 3.05) is 5.32 Å². The van der Waals surface area contributed by atoms with Gasteiger partial charge in [-0.05, 0) is 24.3 Å². The Morgan fingerprint density at radius 2 is 2.05 bits per heavy atom. The molecule has 7 heteroatoms. The van der Waals surface area contributed by atoms with E-state index in [-0.39, 0.29) is 5.91 Å². The monoisotopic (exact) mass is 316 g/mol. The third kappa shape index (κ3) is 3.15. The maximum atomic E-state index is 12.0. The van der Waals surface area contributed by atoms with Crippen LogP contribution in [-0.4, -0.2) is 15.9 Å².